The van der Waals surface area contributed by atoms with Crippen molar-refractivity contribution in [3.8, 4) is 0 Å². The molecule has 0 aliphatic rings. The summed E-state index contributed by atoms with van der Waals surface area (Å²) < 4.78 is 31.7. The molecule has 0 fully saturated rings. The largest absolute Gasteiger partial charge is 0.342 e. The third-order valence-electron chi connectivity index (χ3n) is 3.88. The molecule has 0 aliphatic carbocycles. The first kappa shape index (κ1) is 17.4. The van der Waals surface area contributed by atoms with Gasteiger partial charge >= 0.3 is 0 Å². The van der Waals surface area contributed by atoms with E-state index in [1.165, 1.54) is 12.1 Å². The Bertz CT molecular complexity index is 843. The third-order valence-corrected chi connectivity index (χ3v) is 4.73. The van der Waals surface area contributed by atoms with Gasteiger partial charge in [0, 0.05) is 19.2 Å². The smallest absolute Gasteiger partial charge is 0.294 e. The first-order valence-corrected chi connectivity index (χ1v) is 8.95. The number of unbranched alkanes of at least 4 members (excludes halogenated alkanes) is 1. The van der Waals surface area contributed by atoms with Crippen molar-refractivity contribution >= 4 is 26.8 Å². The maximum atomic E-state index is 12.6. The maximum Gasteiger partial charge on any atom is 0.294 e. The van der Waals surface area contributed by atoms with Gasteiger partial charge in [0.1, 0.15) is 0 Å². The zero-order valence-electron chi connectivity index (χ0n) is 13.5. The molecular formula is C17H21NO4S. The summed E-state index contributed by atoms with van der Waals surface area (Å²) in [6.07, 6.45) is 1.94. The first-order chi connectivity index (χ1) is 10.7. The Hall–Kier alpha value is -1.92. The number of aryl methyl sites for hydroxylation is 1. The van der Waals surface area contributed by atoms with Gasteiger partial charge in [-0.25, -0.2) is 0 Å². The molecule has 0 atom stereocenters. The van der Waals surface area contributed by atoms with Crippen molar-refractivity contribution < 1.29 is 17.8 Å². The summed E-state index contributed by atoms with van der Waals surface area (Å²) in [7, 11) is -2.50. The summed E-state index contributed by atoms with van der Waals surface area (Å²) in [4.78, 5) is 14.1. The van der Waals surface area contributed by atoms with Gasteiger partial charge in [0.25, 0.3) is 16.0 Å². The quantitative estimate of drug-likeness (QED) is 0.851. The van der Waals surface area contributed by atoms with Gasteiger partial charge in [0.15, 0.2) is 0 Å². The molecule has 23 heavy (non-hydrogen) atoms. The number of carbonyl (C=O) groups is 1. The summed E-state index contributed by atoms with van der Waals surface area (Å²) in [5.41, 5.74) is 1.38. The van der Waals surface area contributed by atoms with Crippen molar-refractivity contribution in [2.45, 2.75) is 31.6 Å². The molecule has 0 aromatic heterocycles. The van der Waals surface area contributed by atoms with E-state index in [0.29, 0.717) is 17.5 Å². The van der Waals surface area contributed by atoms with E-state index >= 15 is 0 Å². The highest BCUT2D eigenvalue weighted by Crippen LogP contribution is 2.24. The molecule has 6 heteroatoms. The molecular weight excluding hydrogens is 314 g/mol. The highest BCUT2D eigenvalue weighted by atomic mass is 32.2. The minimum absolute atomic E-state index is 0.0879. The van der Waals surface area contributed by atoms with Crippen molar-refractivity contribution in [3.05, 3.63) is 41.5 Å². The molecule has 0 saturated heterocycles. The van der Waals surface area contributed by atoms with Gasteiger partial charge in [-0.3, -0.25) is 9.35 Å². The summed E-state index contributed by atoms with van der Waals surface area (Å²) in [5.74, 6) is -0.0879. The molecule has 0 spiro atoms. The number of carbonyl (C=O) groups excluding carboxylic acids is 1. The lowest BCUT2D eigenvalue weighted by Gasteiger charge is -2.18. The fourth-order valence-corrected chi connectivity index (χ4v) is 3.00. The van der Waals surface area contributed by atoms with Gasteiger partial charge in [-0.1, -0.05) is 25.5 Å². The van der Waals surface area contributed by atoms with Crippen LogP contribution in [-0.2, 0) is 10.1 Å². The van der Waals surface area contributed by atoms with Crippen LogP contribution in [0.1, 0.15) is 35.7 Å². The molecule has 2 aromatic carbocycles. The van der Waals surface area contributed by atoms with Gasteiger partial charge in [-0.2, -0.15) is 8.42 Å². The topological polar surface area (TPSA) is 74.7 Å². The van der Waals surface area contributed by atoms with E-state index in [2.05, 4.69) is 6.92 Å². The predicted molar refractivity (Wildman–Crippen MR) is 90.4 cm³/mol. The van der Waals surface area contributed by atoms with Crippen LogP contribution in [-0.4, -0.2) is 37.4 Å². The Labute approximate surface area is 136 Å². The normalized spacial score (nSPS) is 11.7. The van der Waals surface area contributed by atoms with E-state index in [1.807, 2.05) is 13.0 Å². The summed E-state index contributed by atoms with van der Waals surface area (Å²) >= 11 is 0. The first-order valence-electron chi connectivity index (χ1n) is 7.51. The average Bonchev–Trinajstić information content (AvgIpc) is 2.49. The second kappa shape index (κ2) is 6.68. The molecule has 0 saturated carbocycles. The van der Waals surface area contributed by atoms with E-state index in [-0.39, 0.29) is 10.8 Å². The lowest BCUT2D eigenvalue weighted by atomic mass is 10.0. The number of benzene rings is 2. The summed E-state index contributed by atoms with van der Waals surface area (Å²) in [5, 5.41) is 1.43. The fourth-order valence-electron chi connectivity index (χ4n) is 2.48. The SMILES string of the molecule is CCCCN(C)C(=O)c1cc2cc(S(=O)(=O)O)ccc2cc1C. The molecule has 0 radical (unpaired) electrons. The van der Waals surface area contributed by atoms with E-state index in [1.54, 1.807) is 24.1 Å². The van der Waals surface area contributed by atoms with E-state index in [0.717, 1.165) is 23.8 Å². The predicted octanol–water partition coefficient (Wildman–Crippen LogP) is 3.27. The Balaban J connectivity index is 2.48. The highest BCUT2D eigenvalue weighted by Gasteiger charge is 2.16. The van der Waals surface area contributed by atoms with Crippen molar-refractivity contribution in [1.82, 2.24) is 4.90 Å². The Morgan fingerprint density at radius 2 is 1.87 bits per heavy atom. The number of rotatable bonds is 5. The van der Waals surface area contributed by atoms with E-state index < -0.39 is 10.1 Å². The van der Waals surface area contributed by atoms with Gasteiger partial charge in [0.2, 0.25) is 0 Å². The van der Waals surface area contributed by atoms with Crippen molar-refractivity contribution in [1.29, 1.82) is 0 Å². The molecule has 5 nitrogen and oxygen atoms in total. The van der Waals surface area contributed by atoms with E-state index in [9.17, 15) is 13.2 Å². The van der Waals surface area contributed by atoms with Crippen LogP contribution in [0.15, 0.2) is 35.2 Å². The maximum absolute atomic E-state index is 12.6. The molecule has 0 heterocycles. The number of hydrogen-bond acceptors (Lipinski definition) is 3. The van der Waals surface area contributed by atoms with Crippen LogP contribution in [0.5, 0.6) is 0 Å². The van der Waals surface area contributed by atoms with Crippen molar-refractivity contribution in [2.24, 2.45) is 0 Å². The van der Waals surface area contributed by atoms with Crippen LogP contribution in [0, 0.1) is 6.92 Å². The van der Waals surface area contributed by atoms with Crippen LogP contribution >= 0.6 is 0 Å². The molecule has 0 bridgehead atoms. The molecule has 0 unspecified atom stereocenters. The van der Waals surface area contributed by atoms with Gasteiger partial charge < -0.3 is 4.90 Å². The zero-order valence-corrected chi connectivity index (χ0v) is 14.4. The van der Waals surface area contributed by atoms with Crippen molar-refractivity contribution in [2.75, 3.05) is 13.6 Å². The van der Waals surface area contributed by atoms with Crippen molar-refractivity contribution in [3.63, 3.8) is 0 Å². The molecule has 0 aliphatic heterocycles. The number of nitrogens with zero attached hydrogens (tertiary/aromatic N) is 1. The molecule has 124 valence electrons. The zero-order chi connectivity index (χ0) is 17.2. The standard InChI is InChI=1S/C17H21NO4S/c1-4-5-8-18(3)17(19)16-11-14-10-15(23(20,21)22)7-6-13(14)9-12(16)2/h6-7,9-11H,4-5,8H2,1-3H3,(H,20,21,22). The molecule has 1 N–H and O–H groups in total. The Morgan fingerprint density at radius 1 is 1.17 bits per heavy atom. The van der Waals surface area contributed by atoms with Crippen LogP contribution < -0.4 is 0 Å². The molecule has 2 rings (SSSR count). The second-order valence-electron chi connectivity index (χ2n) is 5.73. The average molecular weight is 335 g/mol. The van der Waals surface area contributed by atoms with Gasteiger partial charge in [0.05, 0.1) is 4.90 Å². The minimum atomic E-state index is -4.26. The molecule has 1 amide bonds. The molecule has 2 aromatic rings. The van der Waals surface area contributed by atoms with E-state index in [4.69, 9.17) is 4.55 Å². The monoisotopic (exact) mass is 335 g/mol. The number of hydrogen-bond donors (Lipinski definition) is 1. The highest BCUT2D eigenvalue weighted by molar-refractivity contribution is 7.85. The Morgan fingerprint density at radius 3 is 2.48 bits per heavy atom. The van der Waals surface area contributed by atoms with Gasteiger partial charge in [-0.15, -0.1) is 0 Å². The van der Waals surface area contributed by atoms with Crippen LogP contribution in [0.2, 0.25) is 0 Å². The number of amides is 1. The summed E-state index contributed by atoms with van der Waals surface area (Å²) in [6, 6.07) is 7.90. The third kappa shape index (κ3) is 3.89. The number of fused-ring (bicyclic) bond motifs is 1. The van der Waals surface area contributed by atoms with Gasteiger partial charge in [-0.05, 0) is 47.9 Å². The minimum Gasteiger partial charge on any atom is -0.342 e. The van der Waals surface area contributed by atoms with Crippen LogP contribution in [0.25, 0.3) is 10.8 Å². The lowest BCUT2D eigenvalue weighted by Crippen LogP contribution is -2.28. The van der Waals surface area contributed by atoms with Crippen LogP contribution in [0.3, 0.4) is 0 Å². The lowest BCUT2D eigenvalue weighted by molar-refractivity contribution is 0.0792. The van der Waals surface area contributed by atoms with Crippen LogP contribution in [0.4, 0.5) is 0 Å². The fraction of sp³-hybridized carbons (Fsp3) is 0.353. The Kier molecular flexibility index (Phi) is 5.06. The summed E-state index contributed by atoms with van der Waals surface area (Å²) in [6.45, 7) is 4.60. The second-order valence-corrected chi connectivity index (χ2v) is 7.15.